The molecule has 3 nitrogen and oxygen atoms in total. The topological polar surface area (TPSA) is 46.5 Å². The number of benzene rings is 1. The maximum atomic E-state index is 10.8. The lowest BCUT2D eigenvalue weighted by Crippen LogP contribution is -2.00. The normalized spacial score (nSPS) is 23.6. The smallest absolute Gasteiger partial charge is 0.307 e. The highest BCUT2D eigenvalue weighted by molar-refractivity contribution is 9.10. The molecule has 15 heavy (non-hydrogen) atoms. The zero-order valence-electron chi connectivity index (χ0n) is 8.24. The molecule has 0 amide bonds. The zero-order valence-corrected chi connectivity index (χ0v) is 9.82. The van der Waals surface area contributed by atoms with E-state index < -0.39 is 5.97 Å². The summed E-state index contributed by atoms with van der Waals surface area (Å²) in [5.74, 6) is -0.101. The van der Waals surface area contributed by atoms with Gasteiger partial charge in [0.1, 0.15) is 5.75 Å². The molecular weight excluding hydrogens is 260 g/mol. The van der Waals surface area contributed by atoms with Crippen LogP contribution in [0.5, 0.6) is 5.75 Å². The van der Waals surface area contributed by atoms with Crippen LogP contribution in [0.15, 0.2) is 22.7 Å². The van der Waals surface area contributed by atoms with Gasteiger partial charge in [-0.2, -0.15) is 0 Å². The SMILES string of the molecule is COc1c(Br)cccc1[C@@H]1C[C@H]1C(=O)O. The second kappa shape index (κ2) is 3.85. The van der Waals surface area contributed by atoms with E-state index in [2.05, 4.69) is 15.9 Å². The Morgan fingerprint density at radius 1 is 1.60 bits per heavy atom. The molecule has 0 aromatic heterocycles. The maximum Gasteiger partial charge on any atom is 0.307 e. The van der Waals surface area contributed by atoms with Crippen molar-refractivity contribution >= 4 is 21.9 Å². The zero-order chi connectivity index (χ0) is 11.0. The summed E-state index contributed by atoms with van der Waals surface area (Å²) in [4.78, 5) is 10.8. The van der Waals surface area contributed by atoms with E-state index in [0.717, 1.165) is 15.8 Å². The van der Waals surface area contributed by atoms with Crippen molar-refractivity contribution < 1.29 is 14.6 Å². The van der Waals surface area contributed by atoms with Crippen LogP contribution in [0.3, 0.4) is 0 Å². The molecule has 0 heterocycles. The highest BCUT2D eigenvalue weighted by Crippen LogP contribution is 2.51. The lowest BCUT2D eigenvalue weighted by molar-refractivity contribution is -0.138. The van der Waals surface area contributed by atoms with Crippen LogP contribution in [0.25, 0.3) is 0 Å². The van der Waals surface area contributed by atoms with Gasteiger partial charge in [0, 0.05) is 5.92 Å². The largest absolute Gasteiger partial charge is 0.495 e. The van der Waals surface area contributed by atoms with Crippen molar-refractivity contribution in [1.29, 1.82) is 0 Å². The van der Waals surface area contributed by atoms with Gasteiger partial charge in [0.15, 0.2) is 0 Å². The fourth-order valence-corrected chi connectivity index (χ4v) is 2.39. The molecule has 0 aliphatic heterocycles. The van der Waals surface area contributed by atoms with Crippen LogP contribution in [0.2, 0.25) is 0 Å². The predicted molar refractivity (Wildman–Crippen MR) is 59.2 cm³/mol. The first-order valence-corrected chi connectivity index (χ1v) is 5.49. The van der Waals surface area contributed by atoms with E-state index in [-0.39, 0.29) is 11.8 Å². The van der Waals surface area contributed by atoms with E-state index in [1.807, 2.05) is 18.2 Å². The summed E-state index contributed by atoms with van der Waals surface area (Å²) in [5, 5.41) is 8.87. The Morgan fingerprint density at radius 2 is 2.33 bits per heavy atom. The number of hydrogen-bond donors (Lipinski definition) is 1. The third-order valence-electron chi connectivity index (χ3n) is 2.71. The van der Waals surface area contributed by atoms with Gasteiger partial charge in [-0.05, 0) is 34.0 Å². The Hall–Kier alpha value is -1.03. The van der Waals surface area contributed by atoms with Crippen molar-refractivity contribution in [1.82, 2.24) is 0 Å². The van der Waals surface area contributed by atoms with Crippen LogP contribution in [0, 0.1) is 5.92 Å². The van der Waals surface area contributed by atoms with Crippen LogP contribution in [-0.4, -0.2) is 18.2 Å². The van der Waals surface area contributed by atoms with Crippen LogP contribution in [0.4, 0.5) is 0 Å². The fraction of sp³-hybridized carbons (Fsp3) is 0.364. The summed E-state index contributed by atoms with van der Waals surface area (Å²) in [5.41, 5.74) is 0.985. The summed E-state index contributed by atoms with van der Waals surface area (Å²) in [7, 11) is 1.60. The molecule has 2 rings (SSSR count). The second-order valence-corrected chi connectivity index (χ2v) is 4.50. The lowest BCUT2D eigenvalue weighted by Gasteiger charge is -2.09. The van der Waals surface area contributed by atoms with Crippen molar-refractivity contribution in [2.45, 2.75) is 12.3 Å². The van der Waals surface area contributed by atoms with E-state index in [0.29, 0.717) is 6.42 Å². The number of carboxylic acid groups (broad SMARTS) is 1. The molecule has 0 saturated heterocycles. The summed E-state index contributed by atoms with van der Waals surface area (Å²) >= 11 is 3.39. The summed E-state index contributed by atoms with van der Waals surface area (Å²) in [6, 6.07) is 5.72. The Labute approximate surface area is 96.2 Å². The Balaban J connectivity index is 2.30. The van der Waals surface area contributed by atoms with Crippen LogP contribution >= 0.6 is 15.9 Å². The standard InChI is InChI=1S/C11H11BrO3/c1-15-10-6(3-2-4-9(10)12)7-5-8(7)11(13)14/h2-4,7-8H,5H2,1H3,(H,13,14)/t7-,8+/m0/s1. The second-order valence-electron chi connectivity index (χ2n) is 3.65. The summed E-state index contributed by atoms with van der Waals surface area (Å²) < 4.78 is 6.14. The molecule has 1 aliphatic carbocycles. The number of carboxylic acids is 1. The van der Waals surface area contributed by atoms with Gasteiger partial charge in [-0.25, -0.2) is 0 Å². The number of methoxy groups -OCH3 is 1. The van der Waals surface area contributed by atoms with E-state index in [9.17, 15) is 4.79 Å². The number of hydrogen-bond acceptors (Lipinski definition) is 2. The van der Waals surface area contributed by atoms with Gasteiger partial charge in [0.25, 0.3) is 0 Å². The first-order chi connectivity index (χ1) is 7.15. The lowest BCUT2D eigenvalue weighted by atomic mass is 10.1. The van der Waals surface area contributed by atoms with E-state index in [4.69, 9.17) is 9.84 Å². The van der Waals surface area contributed by atoms with Crippen LogP contribution in [0.1, 0.15) is 17.9 Å². The minimum Gasteiger partial charge on any atom is -0.495 e. The molecule has 1 saturated carbocycles. The maximum absolute atomic E-state index is 10.8. The third-order valence-corrected chi connectivity index (χ3v) is 3.33. The average molecular weight is 271 g/mol. The van der Waals surface area contributed by atoms with Gasteiger partial charge in [0.2, 0.25) is 0 Å². The van der Waals surface area contributed by atoms with Gasteiger partial charge < -0.3 is 9.84 Å². The summed E-state index contributed by atoms with van der Waals surface area (Å²) in [6.45, 7) is 0. The molecule has 1 aliphatic rings. The van der Waals surface area contributed by atoms with Crippen molar-refractivity contribution in [3.63, 3.8) is 0 Å². The van der Waals surface area contributed by atoms with Crippen molar-refractivity contribution in [2.24, 2.45) is 5.92 Å². The highest BCUT2D eigenvalue weighted by atomic mass is 79.9. The Morgan fingerprint density at radius 3 is 2.87 bits per heavy atom. The van der Waals surface area contributed by atoms with Gasteiger partial charge in [-0.1, -0.05) is 12.1 Å². The monoisotopic (exact) mass is 270 g/mol. The minimum atomic E-state index is -0.720. The number of aliphatic carboxylic acids is 1. The molecule has 1 aromatic carbocycles. The fourth-order valence-electron chi connectivity index (χ4n) is 1.84. The summed E-state index contributed by atoms with van der Waals surface area (Å²) in [6.07, 6.45) is 0.710. The van der Waals surface area contributed by atoms with E-state index in [1.54, 1.807) is 7.11 Å². The van der Waals surface area contributed by atoms with Crippen molar-refractivity contribution in [3.05, 3.63) is 28.2 Å². The quantitative estimate of drug-likeness (QED) is 0.919. The molecule has 0 radical (unpaired) electrons. The van der Waals surface area contributed by atoms with Gasteiger partial charge >= 0.3 is 5.97 Å². The highest BCUT2D eigenvalue weighted by Gasteiger charge is 2.45. The molecule has 80 valence electrons. The van der Waals surface area contributed by atoms with Crippen molar-refractivity contribution in [2.75, 3.05) is 7.11 Å². The number of halogens is 1. The predicted octanol–water partition coefficient (Wildman–Crippen LogP) is 2.65. The van der Waals surface area contributed by atoms with Gasteiger partial charge in [-0.15, -0.1) is 0 Å². The number of ether oxygens (including phenoxy) is 1. The average Bonchev–Trinajstić information content (AvgIpc) is 2.96. The molecule has 0 bridgehead atoms. The van der Waals surface area contributed by atoms with E-state index >= 15 is 0 Å². The molecule has 0 unspecified atom stereocenters. The molecular formula is C11H11BrO3. The van der Waals surface area contributed by atoms with Crippen LogP contribution in [-0.2, 0) is 4.79 Å². The van der Waals surface area contributed by atoms with Crippen LogP contribution < -0.4 is 4.74 Å². The molecule has 1 fully saturated rings. The molecule has 4 heteroatoms. The Kier molecular flexibility index (Phi) is 2.69. The van der Waals surface area contributed by atoms with Gasteiger partial charge in [-0.3, -0.25) is 4.79 Å². The first-order valence-electron chi connectivity index (χ1n) is 4.70. The number of para-hydroxylation sites is 1. The first kappa shape index (κ1) is 10.5. The van der Waals surface area contributed by atoms with Gasteiger partial charge in [0.05, 0.1) is 17.5 Å². The van der Waals surface area contributed by atoms with Crippen molar-refractivity contribution in [3.8, 4) is 5.75 Å². The number of rotatable bonds is 3. The number of carbonyl (C=O) groups is 1. The molecule has 1 aromatic rings. The molecule has 2 atom stereocenters. The Bertz CT molecular complexity index is 403. The minimum absolute atomic E-state index is 0.106. The molecule has 1 N–H and O–H groups in total. The third kappa shape index (κ3) is 1.86. The molecule has 0 spiro atoms. The van der Waals surface area contributed by atoms with E-state index in [1.165, 1.54) is 0 Å².